The molecule has 0 saturated carbocycles. The molecule has 1 N–H and O–H groups in total. The molecular formula is C19H20O6. The molecule has 0 aromatic heterocycles. The van der Waals surface area contributed by atoms with Crippen LogP contribution in [0.5, 0.6) is 28.7 Å². The van der Waals surface area contributed by atoms with Crippen LogP contribution in [0, 0.1) is 0 Å². The summed E-state index contributed by atoms with van der Waals surface area (Å²) in [5, 5.41) is 9.96. The molecule has 2 rings (SSSR count). The second-order valence-corrected chi connectivity index (χ2v) is 5.03. The molecule has 2 aromatic rings. The number of hydrogen-bond donors (Lipinski definition) is 1. The van der Waals surface area contributed by atoms with Crippen molar-refractivity contribution in [3.8, 4) is 28.7 Å². The minimum absolute atomic E-state index is 0.150. The Labute approximate surface area is 146 Å². The highest BCUT2D eigenvalue weighted by atomic mass is 16.5. The lowest BCUT2D eigenvalue weighted by atomic mass is 10.1. The van der Waals surface area contributed by atoms with Gasteiger partial charge in [-0.15, -0.1) is 0 Å². The smallest absolute Gasteiger partial charge is 0.189 e. The predicted molar refractivity (Wildman–Crippen MR) is 94.1 cm³/mol. The number of hydrogen-bond acceptors (Lipinski definition) is 6. The molecule has 6 heteroatoms. The Morgan fingerprint density at radius 2 is 1.48 bits per heavy atom. The number of carbonyl (C=O) groups excluding carboxylic acids is 1. The van der Waals surface area contributed by atoms with Crippen LogP contribution in [0.4, 0.5) is 0 Å². The maximum Gasteiger partial charge on any atom is 0.189 e. The Hall–Kier alpha value is -3.15. The zero-order valence-corrected chi connectivity index (χ0v) is 14.5. The van der Waals surface area contributed by atoms with Gasteiger partial charge in [-0.2, -0.15) is 0 Å². The quantitative estimate of drug-likeness (QED) is 0.613. The topological polar surface area (TPSA) is 74.2 Å². The summed E-state index contributed by atoms with van der Waals surface area (Å²) >= 11 is 0. The summed E-state index contributed by atoms with van der Waals surface area (Å²) in [7, 11) is 6.06. The normalized spacial score (nSPS) is 10.6. The summed E-state index contributed by atoms with van der Waals surface area (Å²) in [6.45, 7) is 0. The first kappa shape index (κ1) is 18.2. The van der Waals surface area contributed by atoms with Crippen molar-refractivity contribution >= 4 is 11.9 Å². The molecule has 0 aliphatic rings. The van der Waals surface area contributed by atoms with E-state index in [1.54, 1.807) is 31.4 Å². The molecule has 0 atom stereocenters. The van der Waals surface area contributed by atoms with Gasteiger partial charge in [0.1, 0.15) is 28.7 Å². The highest BCUT2D eigenvalue weighted by Gasteiger charge is 2.13. The number of allylic oxidation sites excluding steroid dienone is 1. The molecule has 25 heavy (non-hydrogen) atoms. The van der Waals surface area contributed by atoms with Crippen molar-refractivity contribution in [2.24, 2.45) is 0 Å². The molecule has 0 aliphatic heterocycles. The van der Waals surface area contributed by atoms with Crippen LogP contribution in [0.25, 0.3) is 6.08 Å². The second-order valence-electron chi connectivity index (χ2n) is 5.03. The fraction of sp³-hybridized carbons (Fsp3) is 0.211. The number of methoxy groups -OCH3 is 4. The van der Waals surface area contributed by atoms with Crippen molar-refractivity contribution in [1.29, 1.82) is 0 Å². The number of rotatable bonds is 7. The molecule has 0 heterocycles. The first-order valence-corrected chi connectivity index (χ1v) is 7.43. The summed E-state index contributed by atoms with van der Waals surface area (Å²) < 4.78 is 20.9. The molecule has 0 unspecified atom stereocenters. The van der Waals surface area contributed by atoms with Crippen LogP contribution in [0.1, 0.15) is 15.9 Å². The van der Waals surface area contributed by atoms with Gasteiger partial charge in [0.15, 0.2) is 5.78 Å². The van der Waals surface area contributed by atoms with E-state index in [1.807, 2.05) is 0 Å². The number of ether oxygens (including phenoxy) is 4. The fourth-order valence-electron chi connectivity index (χ4n) is 2.29. The summed E-state index contributed by atoms with van der Waals surface area (Å²) in [5.41, 5.74) is 0.760. The summed E-state index contributed by atoms with van der Waals surface area (Å²) in [4.78, 5) is 12.4. The van der Waals surface area contributed by atoms with E-state index in [4.69, 9.17) is 18.9 Å². The second kappa shape index (κ2) is 8.10. The number of phenols is 1. The van der Waals surface area contributed by atoms with E-state index in [9.17, 15) is 9.90 Å². The number of aromatic hydroxyl groups is 1. The maximum atomic E-state index is 12.4. The van der Waals surface area contributed by atoms with Crippen molar-refractivity contribution in [1.82, 2.24) is 0 Å². The monoisotopic (exact) mass is 344 g/mol. The van der Waals surface area contributed by atoms with Crippen LogP contribution in [-0.4, -0.2) is 39.3 Å². The Morgan fingerprint density at radius 1 is 0.880 bits per heavy atom. The third-order valence-electron chi connectivity index (χ3n) is 3.62. The first-order chi connectivity index (χ1) is 12.0. The molecule has 6 nitrogen and oxygen atoms in total. The molecular weight excluding hydrogens is 324 g/mol. The van der Waals surface area contributed by atoms with E-state index < -0.39 is 0 Å². The van der Waals surface area contributed by atoms with Crippen LogP contribution >= 0.6 is 0 Å². The zero-order chi connectivity index (χ0) is 18.4. The molecule has 0 aliphatic carbocycles. The molecule has 0 bridgehead atoms. The summed E-state index contributed by atoms with van der Waals surface area (Å²) in [6.07, 6.45) is 2.91. The van der Waals surface area contributed by atoms with Crippen LogP contribution in [-0.2, 0) is 0 Å². The van der Waals surface area contributed by atoms with Gasteiger partial charge in [-0.1, -0.05) is 0 Å². The van der Waals surface area contributed by atoms with Crippen molar-refractivity contribution in [2.45, 2.75) is 0 Å². The van der Waals surface area contributed by atoms with E-state index in [0.717, 1.165) is 0 Å². The average molecular weight is 344 g/mol. The Balaban J connectivity index is 2.37. The number of ketones is 1. The number of phenolic OH excluding ortho intramolecular Hbond substituents is 1. The van der Waals surface area contributed by atoms with Gasteiger partial charge >= 0.3 is 0 Å². The van der Waals surface area contributed by atoms with E-state index in [1.165, 1.54) is 39.5 Å². The largest absolute Gasteiger partial charge is 0.507 e. The lowest BCUT2D eigenvalue weighted by Gasteiger charge is -2.12. The van der Waals surface area contributed by atoms with Crippen LogP contribution in [0.3, 0.4) is 0 Å². The molecule has 0 fully saturated rings. The molecule has 0 spiro atoms. The summed E-state index contributed by atoms with van der Waals surface area (Å²) in [5.74, 6) is 1.53. The fourth-order valence-corrected chi connectivity index (χ4v) is 2.29. The van der Waals surface area contributed by atoms with Crippen molar-refractivity contribution in [3.63, 3.8) is 0 Å². The lowest BCUT2D eigenvalue weighted by molar-refractivity contribution is 0.104. The highest BCUT2D eigenvalue weighted by molar-refractivity contribution is 6.09. The molecule has 0 radical (unpaired) electrons. The molecule has 0 amide bonds. The van der Waals surface area contributed by atoms with E-state index in [0.29, 0.717) is 28.6 Å². The van der Waals surface area contributed by atoms with Crippen LogP contribution in [0.15, 0.2) is 36.4 Å². The molecule has 132 valence electrons. The van der Waals surface area contributed by atoms with Gasteiger partial charge < -0.3 is 24.1 Å². The van der Waals surface area contributed by atoms with Gasteiger partial charge in [0, 0.05) is 18.2 Å². The first-order valence-electron chi connectivity index (χ1n) is 7.43. The van der Waals surface area contributed by atoms with E-state index in [-0.39, 0.29) is 17.1 Å². The van der Waals surface area contributed by atoms with Gasteiger partial charge in [-0.25, -0.2) is 0 Å². The standard InChI is InChI=1S/C19H20O6/c1-22-12-5-6-14(17(21)9-12)16(20)8-7-15-18(24-3)10-13(23-2)11-19(15)25-4/h5-11,21H,1-4H3. The summed E-state index contributed by atoms with van der Waals surface area (Å²) in [6, 6.07) is 7.88. The zero-order valence-electron chi connectivity index (χ0n) is 14.5. The van der Waals surface area contributed by atoms with Gasteiger partial charge in [-0.05, 0) is 24.3 Å². The van der Waals surface area contributed by atoms with Gasteiger partial charge in [0.2, 0.25) is 0 Å². The average Bonchev–Trinajstić information content (AvgIpc) is 2.64. The van der Waals surface area contributed by atoms with Crippen molar-refractivity contribution in [3.05, 3.63) is 47.5 Å². The van der Waals surface area contributed by atoms with Crippen molar-refractivity contribution < 1.29 is 28.8 Å². The SMILES string of the molecule is COc1ccc(C(=O)C=Cc2c(OC)cc(OC)cc2OC)c(O)c1. The van der Waals surface area contributed by atoms with E-state index in [2.05, 4.69) is 0 Å². The minimum Gasteiger partial charge on any atom is -0.507 e. The number of benzene rings is 2. The molecule has 2 aromatic carbocycles. The third kappa shape index (κ3) is 4.03. The van der Waals surface area contributed by atoms with Crippen molar-refractivity contribution in [2.75, 3.05) is 28.4 Å². The van der Waals surface area contributed by atoms with Gasteiger partial charge in [0.05, 0.1) is 39.6 Å². The minimum atomic E-state index is -0.361. The lowest BCUT2D eigenvalue weighted by Crippen LogP contribution is -1.97. The Kier molecular flexibility index (Phi) is 5.89. The van der Waals surface area contributed by atoms with Crippen LogP contribution in [0.2, 0.25) is 0 Å². The van der Waals surface area contributed by atoms with Gasteiger partial charge in [-0.3, -0.25) is 4.79 Å². The Bertz CT molecular complexity index is 769. The molecule has 0 saturated heterocycles. The van der Waals surface area contributed by atoms with E-state index >= 15 is 0 Å². The maximum absolute atomic E-state index is 12.4. The predicted octanol–water partition coefficient (Wildman–Crippen LogP) is 3.32. The van der Waals surface area contributed by atoms with Crippen LogP contribution < -0.4 is 18.9 Å². The number of carbonyl (C=O) groups is 1. The highest BCUT2D eigenvalue weighted by Crippen LogP contribution is 2.35. The third-order valence-corrected chi connectivity index (χ3v) is 3.62. The Morgan fingerprint density at radius 3 is 1.96 bits per heavy atom. The van der Waals surface area contributed by atoms with Gasteiger partial charge in [0.25, 0.3) is 0 Å².